The molecule has 2 unspecified atom stereocenters. The Kier molecular flexibility index (Phi) is 2.24. The monoisotopic (exact) mass is 210 g/mol. The number of rotatable bonds is 2. The molecule has 1 saturated carbocycles. The van der Waals surface area contributed by atoms with E-state index in [-0.39, 0.29) is 18.4 Å². The van der Waals surface area contributed by atoms with Crippen LogP contribution in [0.1, 0.15) is 27.2 Å². The second kappa shape index (κ2) is 3.22. The van der Waals surface area contributed by atoms with Crippen LogP contribution in [0.2, 0.25) is 0 Å². The predicted octanol–water partition coefficient (Wildman–Crippen LogP) is 0.379. The summed E-state index contributed by atoms with van der Waals surface area (Å²) in [5.74, 6) is 1.32. The summed E-state index contributed by atoms with van der Waals surface area (Å²) in [6.45, 7) is 6.68. The van der Waals surface area contributed by atoms with E-state index in [2.05, 4.69) is 12.2 Å². The first kappa shape index (κ1) is 10.5. The van der Waals surface area contributed by atoms with Crippen LogP contribution in [-0.2, 0) is 9.59 Å². The molecule has 2 amide bonds. The lowest BCUT2D eigenvalue weighted by Crippen LogP contribution is -2.64. The Bertz CT molecular complexity index is 312. The van der Waals surface area contributed by atoms with Gasteiger partial charge in [-0.1, -0.05) is 6.92 Å². The average Bonchev–Trinajstić information content (AvgIpc) is 2.76. The van der Waals surface area contributed by atoms with E-state index in [0.717, 1.165) is 6.54 Å². The number of hydrogen-bond acceptors (Lipinski definition) is 2. The minimum atomic E-state index is -0.729. The Balaban J connectivity index is 2.03. The molecule has 0 spiro atoms. The molecule has 4 nitrogen and oxygen atoms in total. The first-order valence-electron chi connectivity index (χ1n) is 5.50. The smallest absolute Gasteiger partial charge is 0.248 e. The van der Waals surface area contributed by atoms with E-state index < -0.39 is 5.54 Å². The topological polar surface area (TPSA) is 49.4 Å². The van der Waals surface area contributed by atoms with E-state index in [9.17, 15) is 9.59 Å². The first-order valence-corrected chi connectivity index (χ1v) is 5.50. The van der Waals surface area contributed by atoms with Crippen LogP contribution in [0.15, 0.2) is 0 Å². The summed E-state index contributed by atoms with van der Waals surface area (Å²) in [7, 11) is 0. The van der Waals surface area contributed by atoms with Crippen LogP contribution >= 0.6 is 0 Å². The highest BCUT2D eigenvalue weighted by Crippen LogP contribution is 2.38. The second-order valence-corrected chi connectivity index (χ2v) is 5.33. The van der Waals surface area contributed by atoms with E-state index in [1.165, 1.54) is 6.42 Å². The first-order chi connectivity index (χ1) is 6.90. The molecule has 1 N–H and O–H groups in total. The maximum absolute atomic E-state index is 12.0. The van der Waals surface area contributed by atoms with Gasteiger partial charge in [-0.3, -0.25) is 9.59 Å². The van der Waals surface area contributed by atoms with E-state index in [1.807, 2.05) is 0 Å². The SMILES string of the molecule is CC1CC1CN1CC(=O)NC(C)(C)C1=O. The molecule has 0 aromatic heterocycles. The molecule has 1 saturated heterocycles. The maximum atomic E-state index is 12.0. The largest absolute Gasteiger partial charge is 0.341 e. The Morgan fingerprint density at radius 2 is 2.07 bits per heavy atom. The molecular weight excluding hydrogens is 192 g/mol. The lowest BCUT2D eigenvalue weighted by molar-refractivity contribution is -0.148. The average molecular weight is 210 g/mol. The molecule has 84 valence electrons. The molecule has 0 bridgehead atoms. The van der Waals surface area contributed by atoms with E-state index in [0.29, 0.717) is 11.8 Å². The van der Waals surface area contributed by atoms with Crippen molar-refractivity contribution < 1.29 is 9.59 Å². The third-order valence-electron chi connectivity index (χ3n) is 3.34. The fourth-order valence-electron chi connectivity index (χ4n) is 2.17. The Hall–Kier alpha value is -1.06. The van der Waals surface area contributed by atoms with Crippen LogP contribution in [0, 0.1) is 11.8 Å². The lowest BCUT2D eigenvalue weighted by Gasteiger charge is -2.37. The van der Waals surface area contributed by atoms with Crippen molar-refractivity contribution in [1.29, 1.82) is 0 Å². The zero-order chi connectivity index (χ0) is 11.2. The lowest BCUT2D eigenvalue weighted by atomic mass is 10.0. The van der Waals surface area contributed by atoms with Crippen LogP contribution in [-0.4, -0.2) is 35.3 Å². The van der Waals surface area contributed by atoms with Crippen LogP contribution < -0.4 is 5.32 Å². The minimum absolute atomic E-state index is 0.0428. The maximum Gasteiger partial charge on any atom is 0.248 e. The van der Waals surface area contributed by atoms with Crippen molar-refractivity contribution in [3.05, 3.63) is 0 Å². The molecule has 0 radical (unpaired) electrons. The van der Waals surface area contributed by atoms with Gasteiger partial charge in [-0.05, 0) is 32.1 Å². The predicted molar refractivity (Wildman–Crippen MR) is 56.1 cm³/mol. The number of carbonyl (C=O) groups excluding carboxylic acids is 2. The molecule has 1 aliphatic heterocycles. The van der Waals surface area contributed by atoms with Gasteiger partial charge in [0, 0.05) is 6.54 Å². The van der Waals surface area contributed by atoms with Crippen molar-refractivity contribution in [2.45, 2.75) is 32.7 Å². The molecule has 15 heavy (non-hydrogen) atoms. The second-order valence-electron chi connectivity index (χ2n) is 5.33. The summed E-state index contributed by atoms with van der Waals surface area (Å²) in [6.07, 6.45) is 1.19. The van der Waals surface area contributed by atoms with Gasteiger partial charge in [-0.15, -0.1) is 0 Å². The third kappa shape index (κ3) is 1.98. The highest BCUT2D eigenvalue weighted by Gasteiger charge is 2.42. The van der Waals surface area contributed by atoms with Gasteiger partial charge in [0.1, 0.15) is 5.54 Å². The Morgan fingerprint density at radius 1 is 1.47 bits per heavy atom. The Labute approximate surface area is 90.0 Å². The summed E-state index contributed by atoms with van der Waals surface area (Å²) in [6, 6.07) is 0. The summed E-state index contributed by atoms with van der Waals surface area (Å²) >= 11 is 0. The van der Waals surface area contributed by atoms with Gasteiger partial charge >= 0.3 is 0 Å². The molecule has 2 atom stereocenters. The van der Waals surface area contributed by atoms with Gasteiger partial charge in [-0.25, -0.2) is 0 Å². The van der Waals surface area contributed by atoms with Crippen molar-refractivity contribution in [2.24, 2.45) is 11.8 Å². The number of nitrogens with one attached hydrogen (secondary N) is 1. The summed E-state index contributed by atoms with van der Waals surface area (Å²) in [5, 5.41) is 2.71. The van der Waals surface area contributed by atoms with Crippen molar-refractivity contribution in [2.75, 3.05) is 13.1 Å². The molecule has 2 fully saturated rings. The fourth-order valence-corrected chi connectivity index (χ4v) is 2.17. The summed E-state index contributed by atoms with van der Waals surface area (Å²) in [4.78, 5) is 25.1. The number of hydrogen-bond donors (Lipinski definition) is 1. The standard InChI is InChI=1S/C11H18N2O2/c1-7-4-8(7)5-13-6-9(14)12-11(2,3)10(13)15/h7-8H,4-6H2,1-3H3,(H,12,14). The van der Waals surface area contributed by atoms with Crippen molar-refractivity contribution in [1.82, 2.24) is 10.2 Å². The van der Waals surface area contributed by atoms with Crippen LogP contribution in [0.5, 0.6) is 0 Å². The zero-order valence-electron chi connectivity index (χ0n) is 9.54. The number of carbonyl (C=O) groups is 2. The van der Waals surface area contributed by atoms with E-state index >= 15 is 0 Å². The van der Waals surface area contributed by atoms with Crippen LogP contribution in [0.25, 0.3) is 0 Å². The van der Waals surface area contributed by atoms with E-state index in [4.69, 9.17) is 0 Å². The molecular formula is C11H18N2O2. The van der Waals surface area contributed by atoms with Gasteiger partial charge in [0.05, 0.1) is 6.54 Å². The Morgan fingerprint density at radius 3 is 2.60 bits per heavy atom. The number of nitrogens with zero attached hydrogens (tertiary/aromatic N) is 1. The fraction of sp³-hybridized carbons (Fsp3) is 0.818. The summed E-state index contributed by atoms with van der Waals surface area (Å²) in [5.41, 5.74) is -0.729. The van der Waals surface area contributed by atoms with Gasteiger partial charge < -0.3 is 10.2 Å². The van der Waals surface area contributed by atoms with Gasteiger partial charge in [0.2, 0.25) is 11.8 Å². The third-order valence-corrected chi connectivity index (χ3v) is 3.34. The zero-order valence-corrected chi connectivity index (χ0v) is 9.54. The highest BCUT2D eigenvalue weighted by atomic mass is 16.2. The molecule has 4 heteroatoms. The molecule has 2 rings (SSSR count). The normalized spacial score (nSPS) is 33.9. The molecule has 1 heterocycles. The van der Waals surface area contributed by atoms with Crippen molar-refractivity contribution in [3.8, 4) is 0 Å². The van der Waals surface area contributed by atoms with Crippen molar-refractivity contribution in [3.63, 3.8) is 0 Å². The molecule has 0 aromatic carbocycles. The van der Waals surface area contributed by atoms with Crippen LogP contribution in [0.4, 0.5) is 0 Å². The van der Waals surface area contributed by atoms with Gasteiger partial charge in [-0.2, -0.15) is 0 Å². The van der Waals surface area contributed by atoms with Crippen molar-refractivity contribution >= 4 is 11.8 Å². The molecule has 2 aliphatic rings. The van der Waals surface area contributed by atoms with Gasteiger partial charge in [0.15, 0.2) is 0 Å². The van der Waals surface area contributed by atoms with E-state index in [1.54, 1.807) is 18.7 Å². The molecule has 1 aliphatic carbocycles. The number of amides is 2. The summed E-state index contributed by atoms with van der Waals surface area (Å²) < 4.78 is 0. The molecule has 0 aromatic rings. The van der Waals surface area contributed by atoms with Crippen LogP contribution in [0.3, 0.4) is 0 Å². The number of piperazine rings is 1. The highest BCUT2D eigenvalue weighted by molar-refractivity contribution is 5.97. The quantitative estimate of drug-likeness (QED) is 0.716. The minimum Gasteiger partial charge on any atom is -0.341 e. The van der Waals surface area contributed by atoms with Gasteiger partial charge in [0.25, 0.3) is 0 Å².